The van der Waals surface area contributed by atoms with E-state index in [-0.39, 0.29) is 11.7 Å². The highest BCUT2D eigenvalue weighted by Gasteiger charge is 2.04. The molecule has 0 radical (unpaired) electrons. The third-order valence-corrected chi connectivity index (χ3v) is 2.94. The van der Waals surface area contributed by atoms with E-state index in [0.717, 1.165) is 5.56 Å². The molecule has 2 rings (SSSR count). The number of rotatable bonds is 5. The van der Waals surface area contributed by atoms with Crippen molar-refractivity contribution in [1.82, 2.24) is 4.98 Å². The van der Waals surface area contributed by atoms with Crippen molar-refractivity contribution in [1.29, 1.82) is 0 Å². The van der Waals surface area contributed by atoms with Crippen molar-refractivity contribution < 1.29 is 9.59 Å². The fourth-order valence-corrected chi connectivity index (χ4v) is 1.82. The van der Waals surface area contributed by atoms with E-state index in [1.807, 2.05) is 12.1 Å². The zero-order chi connectivity index (χ0) is 14.4. The molecule has 1 aromatic heterocycles. The maximum absolute atomic E-state index is 11.8. The fraction of sp³-hybridized carbons (Fsp3) is 0.188. The van der Waals surface area contributed by atoms with Gasteiger partial charge in [-0.25, -0.2) is 0 Å². The van der Waals surface area contributed by atoms with Gasteiger partial charge in [0.25, 0.3) is 0 Å². The molecule has 0 aliphatic carbocycles. The van der Waals surface area contributed by atoms with E-state index in [9.17, 15) is 9.59 Å². The van der Waals surface area contributed by atoms with Crippen molar-refractivity contribution >= 4 is 17.4 Å². The number of amides is 1. The summed E-state index contributed by atoms with van der Waals surface area (Å²) in [6, 6.07) is 10.7. The summed E-state index contributed by atoms with van der Waals surface area (Å²) in [5, 5.41) is 2.81. The fourth-order valence-electron chi connectivity index (χ4n) is 1.82. The van der Waals surface area contributed by atoms with Crippen LogP contribution in [0.3, 0.4) is 0 Å². The Morgan fingerprint density at radius 3 is 2.50 bits per heavy atom. The SMILES string of the molecule is CC(=O)c1ccc(NC(=O)CCc2cccnc2)cc1. The zero-order valence-electron chi connectivity index (χ0n) is 11.3. The Kier molecular flexibility index (Phi) is 4.60. The van der Waals surface area contributed by atoms with Gasteiger partial charge in [0.1, 0.15) is 0 Å². The van der Waals surface area contributed by atoms with Crippen LogP contribution >= 0.6 is 0 Å². The van der Waals surface area contributed by atoms with Crippen LogP contribution in [0.4, 0.5) is 5.69 Å². The summed E-state index contributed by atoms with van der Waals surface area (Å²) >= 11 is 0. The van der Waals surface area contributed by atoms with Gasteiger partial charge in [-0.3, -0.25) is 14.6 Å². The Hall–Kier alpha value is -2.49. The molecule has 0 aliphatic heterocycles. The highest BCUT2D eigenvalue weighted by Crippen LogP contribution is 2.11. The van der Waals surface area contributed by atoms with E-state index in [2.05, 4.69) is 10.3 Å². The van der Waals surface area contributed by atoms with Crippen molar-refractivity contribution in [3.05, 3.63) is 59.9 Å². The number of carbonyl (C=O) groups excluding carboxylic acids is 2. The van der Waals surface area contributed by atoms with Gasteiger partial charge in [0.2, 0.25) is 5.91 Å². The Morgan fingerprint density at radius 1 is 1.15 bits per heavy atom. The summed E-state index contributed by atoms with van der Waals surface area (Å²) in [7, 11) is 0. The molecule has 0 spiro atoms. The molecule has 102 valence electrons. The van der Waals surface area contributed by atoms with Crippen LogP contribution in [-0.2, 0) is 11.2 Å². The molecule has 1 aromatic carbocycles. The Labute approximate surface area is 117 Å². The van der Waals surface area contributed by atoms with E-state index in [1.54, 1.807) is 36.7 Å². The van der Waals surface area contributed by atoms with Gasteiger partial charge >= 0.3 is 0 Å². The van der Waals surface area contributed by atoms with Crippen LogP contribution < -0.4 is 5.32 Å². The second kappa shape index (κ2) is 6.61. The second-order valence-corrected chi connectivity index (χ2v) is 4.54. The number of Topliss-reactive ketones (excluding diaryl/α,β-unsaturated/α-hetero) is 1. The average Bonchev–Trinajstić information content (AvgIpc) is 2.47. The van der Waals surface area contributed by atoms with Gasteiger partial charge in [0.05, 0.1) is 0 Å². The number of carbonyl (C=O) groups is 2. The number of aromatic nitrogens is 1. The van der Waals surface area contributed by atoms with Gasteiger partial charge in [-0.2, -0.15) is 0 Å². The zero-order valence-corrected chi connectivity index (χ0v) is 11.3. The predicted octanol–water partition coefficient (Wildman–Crippen LogP) is 2.86. The Bertz CT molecular complexity index is 592. The molecule has 20 heavy (non-hydrogen) atoms. The first kappa shape index (κ1) is 13.9. The lowest BCUT2D eigenvalue weighted by molar-refractivity contribution is -0.116. The monoisotopic (exact) mass is 268 g/mol. The van der Waals surface area contributed by atoms with Gasteiger partial charge in [0, 0.05) is 30.1 Å². The quantitative estimate of drug-likeness (QED) is 0.848. The van der Waals surface area contributed by atoms with Gasteiger partial charge in [0.15, 0.2) is 5.78 Å². The minimum Gasteiger partial charge on any atom is -0.326 e. The number of nitrogens with zero attached hydrogens (tertiary/aromatic N) is 1. The lowest BCUT2D eigenvalue weighted by atomic mass is 10.1. The minimum atomic E-state index is -0.0515. The molecule has 0 fully saturated rings. The molecule has 1 N–H and O–H groups in total. The third kappa shape index (κ3) is 4.02. The van der Waals surface area contributed by atoms with Crippen LogP contribution in [0.5, 0.6) is 0 Å². The lowest BCUT2D eigenvalue weighted by Crippen LogP contribution is -2.12. The summed E-state index contributed by atoms with van der Waals surface area (Å²) in [4.78, 5) is 27.0. The number of ketones is 1. The number of pyridine rings is 1. The molecule has 1 heterocycles. The van der Waals surface area contributed by atoms with E-state index >= 15 is 0 Å². The Morgan fingerprint density at radius 2 is 1.90 bits per heavy atom. The number of hydrogen-bond donors (Lipinski definition) is 1. The van der Waals surface area contributed by atoms with Crippen molar-refractivity contribution in [2.45, 2.75) is 19.8 Å². The predicted molar refractivity (Wildman–Crippen MR) is 77.6 cm³/mol. The van der Waals surface area contributed by atoms with Crippen molar-refractivity contribution in [2.75, 3.05) is 5.32 Å². The molecule has 4 nitrogen and oxygen atoms in total. The molecular formula is C16H16N2O2. The van der Waals surface area contributed by atoms with Crippen LogP contribution in [0.2, 0.25) is 0 Å². The number of hydrogen-bond acceptors (Lipinski definition) is 3. The van der Waals surface area contributed by atoms with Gasteiger partial charge in [-0.05, 0) is 49.2 Å². The topological polar surface area (TPSA) is 59.1 Å². The van der Waals surface area contributed by atoms with E-state index in [0.29, 0.717) is 24.1 Å². The van der Waals surface area contributed by atoms with Gasteiger partial charge in [-0.15, -0.1) is 0 Å². The molecule has 0 bridgehead atoms. The Balaban J connectivity index is 1.86. The van der Waals surface area contributed by atoms with Crippen LogP contribution in [0, 0.1) is 0 Å². The second-order valence-electron chi connectivity index (χ2n) is 4.54. The maximum Gasteiger partial charge on any atom is 0.224 e. The van der Waals surface area contributed by atoms with Crippen LogP contribution in [-0.4, -0.2) is 16.7 Å². The summed E-state index contributed by atoms with van der Waals surface area (Å²) < 4.78 is 0. The van der Waals surface area contributed by atoms with E-state index in [4.69, 9.17) is 0 Å². The summed E-state index contributed by atoms with van der Waals surface area (Å²) in [5.41, 5.74) is 2.37. The molecule has 0 unspecified atom stereocenters. The first-order chi connectivity index (χ1) is 9.65. The first-order valence-electron chi connectivity index (χ1n) is 6.45. The maximum atomic E-state index is 11.8. The van der Waals surface area contributed by atoms with Crippen molar-refractivity contribution in [2.24, 2.45) is 0 Å². The van der Waals surface area contributed by atoms with Crippen LogP contribution in [0.1, 0.15) is 29.3 Å². The highest BCUT2D eigenvalue weighted by atomic mass is 16.1. The first-order valence-corrected chi connectivity index (χ1v) is 6.45. The summed E-state index contributed by atoms with van der Waals surface area (Å²) in [6.45, 7) is 1.52. The molecule has 4 heteroatoms. The molecule has 0 saturated heterocycles. The van der Waals surface area contributed by atoms with Crippen LogP contribution in [0.15, 0.2) is 48.8 Å². The molecule has 1 amide bonds. The normalized spacial score (nSPS) is 10.1. The van der Waals surface area contributed by atoms with Crippen molar-refractivity contribution in [3.63, 3.8) is 0 Å². The molecule has 0 atom stereocenters. The minimum absolute atomic E-state index is 0.0134. The lowest BCUT2D eigenvalue weighted by Gasteiger charge is -2.05. The number of anilines is 1. The van der Waals surface area contributed by atoms with Gasteiger partial charge in [-0.1, -0.05) is 6.07 Å². The molecule has 0 aliphatic rings. The summed E-state index contributed by atoms with van der Waals surface area (Å²) in [6.07, 6.45) is 4.53. The number of aryl methyl sites for hydroxylation is 1. The van der Waals surface area contributed by atoms with E-state index < -0.39 is 0 Å². The average molecular weight is 268 g/mol. The standard InChI is InChI=1S/C16H16N2O2/c1-12(19)14-5-7-15(8-6-14)18-16(20)9-4-13-3-2-10-17-11-13/h2-3,5-8,10-11H,4,9H2,1H3,(H,18,20). The van der Waals surface area contributed by atoms with Crippen LogP contribution in [0.25, 0.3) is 0 Å². The number of nitrogens with one attached hydrogen (secondary N) is 1. The number of benzene rings is 1. The summed E-state index contributed by atoms with van der Waals surface area (Å²) in [5.74, 6) is -0.0381. The highest BCUT2D eigenvalue weighted by molar-refractivity contribution is 5.95. The van der Waals surface area contributed by atoms with E-state index in [1.165, 1.54) is 6.92 Å². The molecule has 0 saturated carbocycles. The largest absolute Gasteiger partial charge is 0.326 e. The molecular weight excluding hydrogens is 252 g/mol. The smallest absolute Gasteiger partial charge is 0.224 e. The van der Waals surface area contributed by atoms with Gasteiger partial charge < -0.3 is 5.32 Å². The van der Waals surface area contributed by atoms with Crippen molar-refractivity contribution in [3.8, 4) is 0 Å². The third-order valence-electron chi connectivity index (χ3n) is 2.94. The molecule has 2 aromatic rings.